The molecule has 1 unspecified atom stereocenters. The summed E-state index contributed by atoms with van der Waals surface area (Å²) in [6.45, 7) is 6.23. The fourth-order valence-electron chi connectivity index (χ4n) is 6.15. The third-order valence-electron chi connectivity index (χ3n) is 8.65. The summed E-state index contributed by atoms with van der Waals surface area (Å²) < 4.78 is 59.4. The van der Waals surface area contributed by atoms with Crippen molar-refractivity contribution < 1.29 is 37.0 Å². The lowest BCUT2D eigenvalue weighted by Gasteiger charge is -2.34. The summed E-state index contributed by atoms with van der Waals surface area (Å²) in [7, 11) is 0. The van der Waals surface area contributed by atoms with Crippen LogP contribution in [0.15, 0.2) is 48.7 Å². The van der Waals surface area contributed by atoms with E-state index in [1.54, 1.807) is 18.2 Å². The van der Waals surface area contributed by atoms with Gasteiger partial charge in [0.15, 0.2) is 0 Å². The molecule has 13 heteroatoms. The Hall–Kier alpha value is -4.36. The number of fused-ring (bicyclic) bond motifs is 4. The summed E-state index contributed by atoms with van der Waals surface area (Å²) in [5, 5.41) is 5.40. The van der Waals surface area contributed by atoms with Crippen LogP contribution in [0.3, 0.4) is 0 Å². The predicted molar refractivity (Wildman–Crippen MR) is 152 cm³/mol. The van der Waals surface area contributed by atoms with E-state index in [0.29, 0.717) is 41.7 Å². The summed E-state index contributed by atoms with van der Waals surface area (Å²) in [6, 6.07) is 10.5. The number of nitrogens with one attached hydrogen (secondary N) is 2. The number of carbonyl (C=O) groups is 2. The number of benzene rings is 2. The lowest BCUT2D eigenvalue weighted by atomic mass is 10.0. The van der Waals surface area contributed by atoms with Gasteiger partial charge in [0.05, 0.1) is 23.1 Å². The van der Waals surface area contributed by atoms with Crippen LogP contribution < -0.4 is 20.1 Å². The molecule has 1 aliphatic carbocycles. The normalized spacial score (nSPS) is 22.5. The van der Waals surface area contributed by atoms with Crippen LogP contribution in [0.2, 0.25) is 0 Å². The average molecular weight is 610 g/mol. The molecule has 7 rings (SSSR count). The van der Waals surface area contributed by atoms with Crippen LogP contribution >= 0.6 is 0 Å². The van der Waals surface area contributed by atoms with E-state index in [4.69, 9.17) is 14.2 Å². The zero-order chi connectivity index (χ0) is 30.6. The Morgan fingerprint density at radius 3 is 2.68 bits per heavy atom. The van der Waals surface area contributed by atoms with Crippen LogP contribution in [0.4, 0.5) is 23.8 Å². The molecule has 1 saturated heterocycles. The summed E-state index contributed by atoms with van der Waals surface area (Å²) in [5.41, 5.74) is 0.763. The Morgan fingerprint density at radius 2 is 1.91 bits per heavy atom. The maximum Gasteiger partial charge on any atom is 0.416 e. The molecule has 3 aliphatic heterocycles. The largest absolute Gasteiger partial charge is 0.487 e. The first-order valence-electron chi connectivity index (χ1n) is 14.5. The first kappa shape index (κ1) is 28.4. The molecule has 3 atom stereocenters. The number of amides is 2. The molecule has 1 saturated carbocycles. The number of alkyl halides is 3. The van der Waals surface area contributed by atoms with Gasteiger partial charge in [-0.05, 0) is 48.5 Å². The Labute approximate surface area is 251 Å². The highest BCUT2D eigenvalue weighted by Crippen LogP contribution is 2.54. The van der Waals surface area contributed by atoms with E-state index in [0.717, 1.165) is 31.3 Å². The molecule has 3 aromatic rings. The van der Waals surface area contributed by atoms with Gasteiger partial charge in [-0.25, -0.2) is 9.78 Å². The second-order valence-corrected chi connectivity index (χ2v) is 11.3. The predicted octanol–water partition coefficient (Wildman–Crippen LogP) is 4.75. The van der Waals surface area contributed by atoms with E-state index in [-0.39, 0.29) is 42.3 Å². The summed E-state index contributed by atoms with van der Waals surface area (Å²) in [4.78, 5) is 33.1. The first-order chi connectivity index (χ1) is 21.2. The van der Waals surface area contributed by atoms with Gasteiger partial charge in [-0.1, -0.05) is 13.0 Å². The second kappa shape index (κ2) is 11.0. The number of nitrogens with zero attached hydrogens (tertiary/aromatic N) is 3. The molecule has 44 heavy (non-hydrogen) atoms. The molecule has 10 nitrogen and oxygen atoms in total. The lowest BCUT2D eigenvalue weighted by molar-refractivity contribution is -0.138. The zero-order valence-electron chi connectivity index (χ0n) is 23.8. The Bertz CT molecular complexity index is 1620. The fraction of sp³-hybridized carbons (Fsp3) is 0.387. The smallest absolute Gasteiger partial charge is 0.416 e. The van der Waals surface area contributed by atoms with Gasteiger partial charge in [-0.2, -0.15) is 13.2 Å². The molecule has 0 bridgehead atoms. The number of hydrogen-bond donors (Lipinski definition) is 2. The molecule has 230 valence electrons. The number of piperazine rings is 1. The minimum absolute atomic E-state index is 0.0180. The number of likely N-dealkylation sites (N-methyl/N-ethyl adjacent to an activating group) is 1. The molecule has 2 fully saturated rings. The molecule has 2 amide bonds. The fourth-order valence-corrected chi connectivity index (χ4v) is 6.15. The van der Waals surface area contributed by atoms with Gasteiger partial charge in [0.1, 0.15) is 35.8 Å². The van der Waals surface area contributed by atoms with Gasteiger partial charge >= 0.3 is 12.3 Å². The molecular formula is C31H30F3N5O5. The first-order valence-corrected chi connectivity index (χ1v) is 14.5. The summed E-state index contributed by atoms with van der Waals surface area (Å²) in [6.07, 6.45) is -3.97. The molecule has 0 spiro atoms. The van der Waals surface area contributed by atoms with Crippen LogP contribution in [0, 0.1) is 0 Å². The van der Waals surface area contributed by atoms with Gasteiger partial charge in [-0.15, -0.1) is 0 Å². The molecule has 4 aliphatic rings. The molecule has 4 heterocycles. The topological polar surface area (TPSA) is 105 Å². The van der Waals surface area contributed by atoms with Crippen LogP contribution in [0.1, 0.15) is 45.5 Å². The Kier molecular flexibility index (Phi) is 7.08. The summed E-state index contributed by atoms with van der Waals surface area (Å²) in [5.74, 6) is 1.27. The van der Waals surface area contributed by atoms with E-state index in [2.05, 4.69) is 27.4 Å². The van der Waals surface area contributed by atoms with Crippen molar-refractivity contribution in [3.8, 4) is 17.2 Å². The number of hydrogen-bond acceptors (Lipinski definition) is 8. The van der Waals surface area contributed by atoms with Gasteiger partial charge in [0.2, 0.25) is 0 Å². The van der Waals surface area contributed by atoms with Crippen molar-refractivity contribution in [2.75, 3.05) is 38.0 Å². The maximum absolute atomic E-state index is 14.1. The van der Waals surface area contributed by atoms with Crippen LogP contribution in [-0.4, -0.2) is 71.7 Å². The standard InChI is InChI=1S/C31H30F3N5O5/c1-2-38-9-11-39(12-10-38)15-18-4-3-17(13-22(18)31(32,33)34)29(40)36-26-25-20-14-19(5-6-23(20)44-27(25)26)43-24-7-8-35-28-21(24)16-42-30(41)37-28/h3-8,13-14,25-27H,2,9-12,15-16H2,1H3,(H,36,40)(H,35,37,41)/t25-,26?,27-/m0/s1. The average Bonchev–Trinajstić information content (AvgIpc) is 3.53. The number of cyclic esters (lactones) is 1. The highest BCUT2D eigenvalue weighted by Gasteiger charge is 2.59. The van der Waals surface area contributed by atoms with Crippen molar-refractivity contribution in [2.24, 2.45) is 0 Å². The Balaban J connectivity index is 1.03. The Morgan fingerprint density at radius 1 is 1.11 bits per heavy atom. The molecule has 2 aromatic carbocycles. The van der Waals surface area contributed by atoms with Crippen molar-refractivity contribution in [3.05, 3.63) is 76.5 Å². The van der Waals surface area contributed by atoms with Gasteiger partial charge < -0.3 is 24.4 Å². The second-order valence-electron chi connectivity index (χ2n) is 11.3. The highest BCUT2D eigenvalue weighted by atomic mass is 19.4. The van der Waals surface area contributed by atoms with Crippen molar-refractivity contribution >= 4 is 17.8 Å². The van der Waals surface area contributed by atoms with Gasteiger partial charge in [0.25, 0.3) is 5.91 Å². The number of rotatable bonds is 7. The number of aromatic nitrogens is 1. The monoisotopic (exact) mass is 609 g/mol. The maximum atomic E-state index is 14.1. The summed E-state index contributed by atoms with van der Waals surface area (Å²) >= 11 is 0. The molecule has 1 aromatic heterocycles. The third-order valence-corrected chi connectivity index (χ3v) is 8.65. The van der Waals surface area contributed by atoms with Crippen molar-refractivity contribution in [2.45, 2.75) is 44.3 Å². The molecule has 2 N–H and O–H groups in total. The van der Waals surface area contributed by atoms with Gasteiger partial charge in [-0.3, -0.25) is 15.0 Å². The lowest BCUT2D eigenvalue weighted by Crippen LogP contribution is -2.45. The zero-order valence-corrected chi connectivity index (χ0v) is 23.8. The van der Waals surface area contributed by atoms with Crippen molar-refractivity contribution in [1.29, 1.82) is 0 Å². The minimum Gasteiger partial charge on any atom is -0.487 e. The number of halogens is 3. The van der Waals surface area contributed by atoms with E-state index in [1.807, 2.05) is 11.0 Å². The number of anilines is 1. The molecular weight excluding hydrogens is 579 g/mol. The SMILES string of the molecule is CCN1CCN(Cc2ccc(C(=O)NC3[C@H]4Oc5ccc(Oc6ccnc7c6COC(=O)N7)cc5[C@@H]34)cc2C(F)(F)F)CC1. The van der Waals surface area contributed by atoms with Gasteiger partial charge in [0, 0.05) is 50.0 Å². The number of pyridine rings is 1. The van der Waals surface area contributed by atoms with Crippen LogP contribution in [0.25, 0.3) is 0 Å². The van der Waals surface area contributed by atoms with Crippen LogP contribution in [0.5, 0.6) is 17.2 Å². The van der Waals surface area contributed by atoms with Crippen molar-refractivity contribution in [1.82, 2.24) is 20.1 Å². The van der Waals surface area contributed by atoms with E-state index in [9.17, 15) is 22.8 Å². The third kappa shape index (κ3) is 5.41. The van der Waals surface area contributed by atoms with Crippen LogP contribution in [-0.2, 0) is 24.1 Å². The van der Waals surface area contributed by atoms with Crippen molar-refractivity contribution in [3.63, 3.8) is 0 Å². The van der Waals surface area contributed by atoms with E-state index in [1.165, 1.54) is 18.3 Å². The quantitative estimate of drug-likeness (QED) is 0.396. The highest BCUT2D eigenvalue weighted by molar-refractivity contribution is 5.95. The van der Waals surface area contributed by atoms with E-state index >= 15 is 0 Å². The van der Waals surface area contributed by atoms with E-state index < -0.39 is 23.7 Å². The number of ether oxygens (including phenoxy) is 3. The number of carbonyl (C=O) groups excluding carboxylic acids is 2. The molecule has 0 radical (unpaired) electrons. The minimum atomic E-state index is -4.59.